The van der Waals surface area contributed by atoms with Gasteiger partial charge in [-0.15, -0.1) is 0 Å². The fourth-order valence-corrected chi connectivity index (χ4v) is 1.88. The molecule has 102 valence electrons. The first kappa shape index (κ1) is 14.0. The van der Waals surface area contributed by atoms with Crippen LogP contribution >= 0.6 is 0 Å². The summed E-state index contributed by atoms with van der Waals surface area (Å²) < 4.78 is 12.9. The Kier molecular flexibility index (Phi) is 3.99. The van der Waals surface area contributed by atoms with Gasteiger partial charge < -0.3 is 5.32 Å². The summed E-state index contributed by atoms with van der Waals surface area (Å²) in [5, 5.41) is 12.0. The number of nitriles is 1. The predicted molar refractivity (Wildman–Crippen MR) is 76.9 cm³/mol. The van der Waals surface area contributed by atoms with Crippen molar-refractivity contribution in [3.05, 3.63) is 59.5 Å². The molecule has 20 heavy (non-hydrogen) atoms. The number of rotatable bonds is 4. The molecule has 3 nitrogen and oxygen atoms in total. The Hall–Kier alpha value is -2.41. The SMILES string of the molecule is CC(C)(CNc1ccc(C#N)cn1)c1ccc(F)cc1. The van der Waals surface area contributed by atoms with E-state index in [9.17, 15) is 4.39 Å². The molecule has 2 aromatic rings. The standard InChI is InChI=1S/C16H16FN3/c1-16(2,13-4-6-14(17)7-5-13)11-20-15-8-3-12(9-18)10-19-15/h3-8,10H,11H2,1-2H3,(H,19,20). The highest BCUT2D eigenvalue weighted by Gasteiger charge is 2.20. The number of nitrogens with one attached hydrogen (secondary N) is 1. The lowest BCUT2D eigenvalue weighted by Crippen LogP contribution is -2.27. The van der Waals surface area contributed by atoms with E-state index in [-0.39, 0.29) is 11.2 Å². The molecule has 0 atom stereocenters. The van der Waals surface area contributed by atoms with Gasteiger partial charge >= 0.3 is 0 Å². The summed E-state index contributed by atoms with van der Waals surface area (Å²) in [4.78, 5) is 4.17. The zero-order valence-corrected chi connectivity index (χ0v) is 11.5. The van der Waals surface area contributed by atoms with Crippen LogP contribution in [0.1, 0.15) is 25.0 Å². The van der Waals surface area contributed by atoms with Gasteiger partial charge in [0, 0.05) is 18.2 Å². The Morgan fingerprint density at radius 3 is 2.45 bits per heavy atom. The van der Waals surface area contributed by atoms with E-state index < -0.39 is 0 Å². The van der Waals surface area contributed by atoms with Crippen LogP contribution in [-0.4, -0.2) is 11.5 Å². The van der Waals surface area contributed by atoms with Crippen molar-refractivity contribution in [1.29, 1.82) is 5.26 Å². The fraction of sp³-hybridized carbons (Fsp3) is 0.250. The molecule has 1 aromatic heterocycles. The van der Waals surface area contributed by atoms with Crippen LogP contribution in [0.15, 0.2) is 42.6 Å². The molecule has 0 aliphatic heterocycles. The second-order valence-corrected chi connectivity index (χ2v) is 5.29. The second-order valence-electron chi connectivity index (χ2n) is 5.29. The Bertz CT molecular complexity index is 610. The Balaban J connectivity index is 2.04. The molecule has 0 amide bonds. The Morgan fingerprint density at radius 2 is 1.90 bits per heavy atom. The maximum atomic E-state index is 12.9. The van der Waals surface area contributed by atoms with Crippen molar-refractivity contribution in [2.24, 2.45) is 0 Å². The van der Waals surface area contributed by atoms with Gasteiger partial charge in [-0.05, 0) is 29.8 Å². The lowest BCUT2D eigenvalue weighted by atomic mass is 9.84. The first-order chi connectivity index (χ1) is 9.51. The smallest absolute Gasteiger partial charge is 0.125 e. The fourth-order valence-electron chi connectivity index (χ4n) is 1.88. The van der Waals surface area contributed by atoms with Crippen molar-refractivity contribution in [3.63, 3.8) is 0 Å². The van der Waals surface area contributed by atoms with Crippen LogP contribution < -0.4 is 5.32 Å². The minimum atomic E-state index is -0.230. The molecule has 0 unspecified atom stereocenters. The van der Waals surface area contributed by atoms with E-state index in [1.807, 2.05) is 6.07 Å². The molecule has 0 aliphatic rings. The molecule has 2 rings (SSSR count). The highest BCUT2D eigenvalue weighted by atomic mass is 19.1. The van der Waals surface area contributed by atoms with E-state index in [0.29, 0.717) is 12.1 Å². The Labute approximate surface area is 118 Å². The number of pyridine rings is 1. The van der Waals surface area contributed by atoms with Crippen molar-refractivity contribution in [3.8, 4) is 6.07 Å². The van der Waals surface area contributed by atoms with Gasteiger partial charge in [-0.25, -0.2) is 9.37 Å². The third-order valence-corrected chi connectivity index (χ3v) is 3.23. The lowest BCUT2D eigenvalue weighted by Gasteiger charge is -2.26. The number of aromatic nitrogens is 1. The molecule has 0 aliphatic carbocycles. The van der Waals surface area contributed by atoms with Crippen LogP contribution in [0.2, 0.25) is 0 Å². The number of hydrogen-bond donors (Lipinski definition) is 1. The minimum absolute atomic E-state index is 0.150. The molecule has 0 fully saturated rings. The van der Waals surface area contributed by atoms with Gasteiger partial charge in [-0.1, -0.05) is 26.0 Å². The van der Waals surface area contributed by atoms with Crippen molar-refractivity contribution < 1.29 is 4.39 Å². The average Bonchev–Trinajstić information content (AvgIpc) is 2.46. The first-order valence-corrected chi connectivity index (χ1v) is 6.37. The van der Waals surface area contributed by atoms with Gasteiger partial charge in [0.2, 0.25) is 0 Å². The van der Waals surface area contributed by atoms with Gasteiger partial charge in [0.1, 0.15) is 17.7 Å². The minimum Gasteiger partial charge on any atom is -0.369 e. The molecule has 0 spiro atoms. The molecular weight excluding hydrogens is 253 g/mol. The number of halogens is 1. The summed E-state index contributed by atoms with van der Waals surface area (Å²) in [6.45, 7) is 4.82. The summed E-state index contributed by atoms with van der Waals surface area (Å²) in [6.07, 6.45) is 1.53. The first-order valence-electron chi connectivity index (χ1n) is 6.37. The molecule has 0 saturated carbocycles. The number of hydrogen-bond acceptors (Lipinski definition) is 3. The average molecular weight is 269 g/mol. The quantitative estimate of drug-likeness (QED) is 0.924. The summed E-state index contributed by atoms with van der Waals surface area (Å²) in [5.41, 5.74) is 1.44. The van der Waals surface area contributed by atoms with Gasteiger partial charge in [0.15, 0.2) is 0 Å². The van der Waals surface area contributed by atoms with Gasteiger partial charge in [-0.2, -0.15) is 5.26 Å². The lowest BCUT2D eigenvalue weighted by molar-refractivity contribution is 0.552. The van der Waals surface area contributed by atoms with E-state index in [1.165, 1.54) is 18.3 Å². The highest BCUT2D eigenvalue weighted by Crippen LogP contribution is 2.23. The maximum absolute atomic E-state index is 12.9. The summed E-state index contributed by atoms with van der Waals surface area (Å²) in [5.74, 6) is 0.491. The van der Waals surface area contributed by atoms with Crippen molar-refractivity contribution in [2.75, 3.05) is 11.9 Å². The molecule has 0 bridgehead atoms. The normalized spacial score (nSPS) is 10.9. The van der Waals surface area contributed by atoms with Crippen LogP contribution in [0, 0.1) is 17.1 Å². The van der Waals surface area contributed by atoms with E-state index in [2.05, 4.69) is 24.1 Å². The maximum Gasteiger partial charge on any atom is 0.125 e. The summed E-state index contributed by atoms with van der Waals surface area (Å²) in [7, 11) is 0. The largest absolute Gasteiger partial charge is 0.369 e. The zero-order valence-electron chi connectivity index (χ0n) is 11.5. The van der Waals surface area contributed by atoms with E-state index >= 15 is 0 Å². The Morgan fingerprint density at radius 1 is 1.20 bits per heavy atom. The molecule has 0 saturated heterocycles. The zero-order chi connectivity index (χ0) is 14.6. The second kappa shape index (κ2) is 5.70. The van der Waals surface area contributed by atoms with Crippen LogP contribution in [0.3, 0.4) is 0 Å². The molecule has 1 aromatic carbocycles. The molecular formula is C16H16FN3. The topological polar surface area (TPSA) is 48.7 Å². The van der Waals surface area contributed by atoms with E-state index in [0.717, 1.165) is 11.4 Å². The number of nitrogens with zero attached hydrogens (tertiary/aromatic N) is 2. The number of benzene rings is 1. The third-order valence-electron chi connectivity index (χ3n) is 3.23. The van der Waals surface area contributed by atoms with Gasteiger partial charge in [-0.3, -0.25) is 0 Å². The molecule has 1 N–H and O–H groups in total. The van der Waals surface area contributed by atoms with Crippen LogP contribution in [0.5, 0.6) is 0 Å². The van der Waals surface area contributed by atoms with Crippen molar-refractivity contribution in [1.82, 2.24) is 4.98 Å². The van der Waals surface area contributed by atoms with Crippen molar-refractivity contribution in [2.45, 2.75) is 19.3 Å². The highest BCUT2D eigenvalue weighted by molar-refractivity contribution is 5.40. The van der Waals surface area contributed by atoms with Crippen LogP contribution in [-0.2, 0) is 5.41 Å². The summed E-state index contributed by atoms with van der Waals surface area (Å²) >= 11 is 0. The molecule has 0 radical (unpaired) electrons. The predicted octanol–water partition coefficient (Wildman–Crippen LogP) is 3.48. The van der Waals surface area contributed by atoms with Gasteiger partial charge in [0.25, 0.3) is 0 Å². The van der Waals surface area contributed by atoms with E-state index in [1.54, 1.807) is 24.3 Å². The summed E-state index contributed by atoms with van der Waals surface area (Å²) in [6, 6.07) is 12.1. The van der Waals surface area contributed by atoms with E-state index in [4.69, 9.17) is 5.26 Å². The molecule has 4 heteroatoms. The van der Waals surface area contributed by atoms with Gasteiger partial charge in [0.05, 0.1) is 5.56 Å². The number of anilines is 1. The third kappa shape index (κ3) is 3.33. The molecule has 1 heterocycles. The monoisotopic (exact) mass is 269 g/mol. The van der Waals surface area contributed by atoms with Crippen molar-refractivity contribution >= 4 is 5.82 Å². The van der Waals surface area contributed by atoms with Crippen LogP contribution in [0.25, 0.3) is 0 Å². The van der Waals surface area contributed by atoms with Crippen LogP contribution in [0.4, 0.5) is 10.2 Å².